The largest absolute Gasteiger partial charge is 0.233 e. The topological polar surface area (TPSA) is 25.8 Å². The van der Waals surface area contributed by atoms with Crippen LogP contribution in [0, 0.1) is 6.92 Å². The van der Waals surface area contributed by atoms with E-state index in [0.29, 0.717) is 0 Å². The summed E-state index contributed by atoms with van der Waals surface area (Å²) in [4.78, 5) is 9.95. The third-order valence-electron chi connectivity index (χ3n) is 7.44. The highest BCUT2D eigenvalue weighted by molar-refractivity contribution is 6.13. The summed E-state index contributed by atoms with van der Waals surface area (Å²) in [5.74, 6) is 0.785. The number of nitrogens with zero attached hydrogens (tertiary/aromatic N) is 2. The van der Waals surface area contributed by atoms with Gasteiger partial charge in [-0.15, -0.1) is 0 Å². The third-order valence-corrected chi connectivity index (χ3v) is 7.44. The molecule has 0 amide bonds. The van der Waals surface area contributed by atoms with E-state index in [9.17, 15) is 0 Å². The fourth-order valence-corrected chi connectivity index (χ4v) is 5.78. The maximum Gasteiger partial charge on any atom is 0.126 e. The number of fused-ring (bicyclic) bond motifs is 6. The zero-order valence-electron chi connectivity index (χ0n) is 20.8. The van der Waals surface area contributed by atoms with Gasteiger partial charge in [-0.1, -0.05) is 97.1 Å². The molecular formula is C35H26N2. The Hall–Kier alpha value is -4.56. The Bertz CT molecular complexity index is 1830. The molecule has 0 atom stereocenters. The zero-order valence-corrected chi connectivity index (χ0v) is 20.8. The second kappa shape index (κ2) is 8.83. The van der Waals surface area contributed by atoms with Gasteiger partial charge < -0.3 is 0 Å². The fraction of sp³-hybridized carbons (Fsp3) is 0.0857. The van der Waals surface area contributed by atoms with Gasteiger partial charge in [0.2, 0.25) is 0 Å². The summed E-state index contributed by atoms with van der Waals surface area (Å²) in [7, 11) is 0. The Labute approximate surface area is 217 Å². The predicted molar refractivity (Wildman–Crippen MR) is 156 cm³/mol. The van der Waals surface area contributed by atoms with Gasteiger partial charge in [-0.2, -0.15) is 0 Å². The highest BCUT2D eigenvalue weighted by Gasteiger charge is 2.19. The maximum absolute atomic E-state index is 4.99. The molecule has 0 fully saturated rings. The summed E-state index contributed by atoms with van der Waals surface area (Å²) in [6, 6.07) is 24.1. The molecule has 2 nitrogen and oxygen atoms in total. The standard InChI is InChI=1S/C35H26N2/c1-23-36-34(32-20-24-12-4-2-5-14-26(24)28-16-6-3-7-17-30(28)32)22-35(37-23)33-21-25-13-8-9-15-27(25)29-18-10-11-19-31(29)33/h2-11,13-16,18-22H,12,17H2,1H3. The van der Waals surface area contributed by atoms with Crippen molar-refractivity contribution >= 4 is 33.7 Å². The molecule has 0 spiro atoms. The monoisotopic (exact) mass is 474 g/mol. The number of benzene rings is 4. The molecule has 1 heterocycles. The average Bonchev–Trinajstić information content (AvgIpc) is 3.32. The van der Waals surface area contributed by atoms with Gasteiger partial charge in [-0.05, 0) is 81.8 Å². The van der Waals surface area contributed by atoms with Crippen LogP contribution in [0.2, 0.25) is 0 Å². The van der Waals surface area contributed by atoms with Crippen molar-refractivity contribution in [1.29, 1.82) is 0 Å². The highest BCUT2D eigenvalue weighted by atomic mass is 14.9. The first kappa shape index (κ1) is 21.7. The van der Waals surface area contributed by atoms with Gasteiger partial charge in [-0.3, -0.25) is 0 Å². The molecule has 2 heteroatoms. The third kappa shape index (κ3) is 3.73. The van der Waals surface area contributed by atoms with Gasteiger partial charge in [0, 0.05) is 11.1 Å². The summed E-state index contributed by atoms with van der Waals surface area (Å²) in [5, 5.41) is 4.96. The van der Waals surface area contributed by atoms with Crippen LogP contribution in [0.4, 0.5) is 0 Å². The maximum atomic E-state index is 4.99. The predicted octanol–water partition coefficient (Wildman–Crippen LogP) is 8.68. The van der Waals surface area contributed by atoms with Gasteiger partial charge in [0.25, 0.3) is 0 Å². The number of aromatic nitrogens is 2. The molecule has 4 aromatic carbocycles. The van der Waals surface area contributed by atoms with E-state index >= 15 is 0 Å². The molecule has 5 aromatic rings. The van der Waals surface area contributed by atoms with E-state index in [0.717, 1.165) is 35.6 Å². The van der Waals surface area contributed by atoms with Crippen molar-refractivity contribution in [2.24, 2.45) is 0 Å². The second-order valence-corrected chi connectivity index (χ2v) is 9.75. The molecule has 0 bridgehead atoms. The molecule has 0 aliphatic heterocycles. The van der Waals surface area contributed by atoms with Crippen molar-refractivity contribution in [3.05, 3.63) is 131 Å². The summed E-state index contributed by atoms with van der Waals surface area (Å²) in [6.45, 7) is 2.00. The summed E-state index contributed by atoms with van der Waals surface area (Å²) >= 11 is 0. The normalized spacial score (nSPS) is 14.0. The van der Waals surface area contributed by atoms with Crippen LogP contribution < -0.4 is 0 Å². The van der Waals surface area contributed by atoms with Gasteiger partial charge in [0.1, 0.15) is 5.82 Å². The van der Waals surface area contributed by atoms with E-state index in [-0.39, 0.29) is 0 Å². The Kier molecular flexibility index (Phi) is 5.18. The average molecular weight is 475 g/mol. The molecule has 176 valence electrons. The number of allylic oxidation sites excluding steroid dienone is 6. The molecule has 37 heavy (non-hydrogen) atoms. The van der Waals surface area contributed by atoms with Crippen LogP contribution in [0.15, 0.2) is 103 Å². The first-order chi connectivity index (χ1) is 18.3. The van der Waals surface area contributed by atoms with Gasteiger partial charge in [-0.25, -0.2) is 9.97 Å². The van der Waals surface area contributed by atoms with Crippen LogP contribution in [0.25, 0.3) is 56.2 Å². The van der Waals surface area contributed by atoms with E-state index in [4.69, 9.17) is 9.97 Å². The van der Waals surface area contributed by atoms with Gasteiger partial charge in [0.15, 0.2) is 0 Å². The van der Waals surface area contributed by atoms with Crippen LogP contribution in [0.1, 0.15) is 28.1 Å². The van der Waals surface area contributed by atoms with Crippen molar-refractivity contribution < 1.29 is 0 Å². The van der Waals surface area contributed by atoms with E-state index in [1.54, 1.807) is 0 Å². The lowest BCUT2D eigenvalue weighted by Crippen LogP contribution is -2.03. The lowest BCUT2D eigenvalue weighted by atomic mass is 9.87. The minimum Gasteiger partial charge on any atom is -0.233 e. The minimum absolute atomic E-state index is 0.785. The lowest BCUT2D eigenvalue weighted by molar-refractivity contribution is 1.06. The van der Waals surface area contributed by atoms with E-state index in [1.165, 1.54) is 49.4 Å². The van der Waals surface area contributed by atoms with Crippen molar-refractivity contribution in [2.75, 3.05) is 0 Å². The molecule has 0 saturated carbocycles. The number of hydrogen-bond acceptors (Lipinski definition) is 2. The SMILES string of the molecule is Cc1nc(-c2cc3c(c4c2CC=CC=C4)C=CC=CC3)cc(-c2cc3ccccc3c3ccccc23)n1. The molecule has 0 unspecified atom stereocenters. The van der Waals surface area contributed by atoms with Crippen LogP contribution in [-0.2, 0) is 12.8 Å². The van der Waals surface area contributed by atoms with Crippen LogP contribution >= 0.6 is 0 Å². The Morgan fingerprint density at radius 3 is 2.11 bits per heavy atom. The van der Waals surface area contributed by atoms with Crippen LogP contribution in [0.5, 0.6) is 0 Å². The molecule has 2 aliphatic carbocycles. The number of aryl methyl sites for hydroxylation is 1. The fourth-order valence-electron chi connectivity index (χ4n) is 5.78. The number of hydrogen-bond donors (Lipinski definition) is 0. The van der Waals surface area contributed by atoms with E-state index in [1.807, 2.05) is 6.92 Å². The van der Waals surface area contributed by atoms with E-state index in [2.05, 4.69) is 115 Å². The molecule has 0 saturated heterocycles. The minimum atomic E-state index is 0.785. The van der Waals surface area contributed by atoms with Crippen LogP contribution in [-0.4, -0.2) is 9.97 Å². The first-order valence-electron chi connectivity index (χ1n) is 12.9. The first-order valence-corrected chi connectivity index (χ1v) is 12.9. The lowest BCUT2D eigenvalue weighted by Gasteiger charge is -2.18. The zero-order chi connectivity index (χ0) is 24.8. The Morgan fingerprint density at radius 2 is 1.27 bits per heavy atom. The van der Waals surface area contributed by atoms with Gasteiger partial charge in [0.05, 0.1) is 11.4 Å². The van der Waals surface area contributed by atoms with Crippen molar-refractivity contribution in [1.82, 2.24) is 9.97 Å². The summed E-state index contributed by atoms with van der Waals surface area (Å²) in [6.07, 6.45) is 19.3. The summed E-state index contributed by atoms with van der Waals surface area (Å²) < 4.78 is 0. The number of rotatable bonds is 2. The smallest absolute Gasteiger partial charge is 0.126 e. The van der Waals surface area contributed by atoms with Crippen molar-refractivity contribution in [3.8, 4) is 22.5 Å². The van der Waals surface area contributed by atoms with Crippen molar-refractivity contribution in [2.45, 2.75) is 19.8 Å². The molecule has 2 aliphatic rings. The summed E-state index contributed by atoms with van der Waals surface area (Å²) in [5.41, 5.74) is 9.56. The highest BCUT2D eigenvalue weighted by Crippen LogP contribution is 2.38. The molecule has 1 aromatic heterocycles. The molecular weight excluding hydrogens is 448 g/mol. The Morgan fingerprint density at radius 1 is 0.595 bits per heavy atom. The molecule has 0 N–H and O–H groups in total. The van der Waals surface area contributed by atoms with Crippen LogP contribution in [0.3, 0.4) is 0 Å². The van der Waals surface area contributed by atoms with E-state index < -0.39 is 0 Å². The van der Waals surface area contributed by atoms with Gasteiger partial charge >= 0.3 is 0 Å². The quantitative estimate of drug-likeness (QED) is 0.239. The molecule has 0 radical (unpaired) electrons. The van der Waals surface area contributed by atoms with Crippen molar-refractivity contribution in [3.63, 3.8) is 0 Å². The Balaban J connectivity index is 1.49. The second-order valence-electron chi connectivity index (χ2n) is 9.75. The molecule has 7 rings (SSSR count).